The van der Waals surface area contributed by atoms with E-state index in [4.69, 9.17) is 5.73 Å². The summed E-state index contributed by atoms with van der Waals surface area (Å²) in [6.07, 6.45) is 3.31. The number of halogens is 1. The number of hydrogen-bond acceptors (Lipinski definition) is 4. The third-order valence-corrected chi connectivity index (χ3v) is 4.97. The molecule has 3 N–H and O–H groups in total. The largest absolute Gasteiger partial charge is 0.345 e. The number of carbonyl (C=O) groups excluding carboxylic acids is 1. The van der Waals surface area contributed by atoms with E-state index >= 15 is 0 Å². The number of nitrogens with one attached hydrogen (secondary N) is 1. The molecule has 0 radical (unpaired) electrons. The number of sulfone groups is 1. The minimum absolute atomic E-state index is 0. The molecule has 7 heteroatoms. The van der Waals surface area contributed by atoms with Gasteiger partial charge in [-0.2, -0.15) is 0 Å². The fourth-order valence-electron chi connectivity index (χ4n) is 2.23. The summed E-state index contributed by atoms with van der Waals surface area (Å²) in [6.45, 7) is 2.35. The number of carbonyl (C=O) groups is 1. The van der Waals surface area contributed by atoms with Gasteiger partial charge < -0.3 is 11.1 Å². The molecule has 1 amide bonds. The highest BCUT2D eigenvalue weighted by atomic mass is 35.5. The minimum atomic E-state index is -3.24. The van der Waals surface area contributed by atoms with Gasteiger partial charge in [-0.15, -0.1) is 12.4 Å². The quantitative estimate of drug-likeness (QED) is 0.852. The van der Waals surface area contributed by atoms with Crippen LogP contribution in [0.1, 0.15) is 30.1 Å². The summed E-state index contributed by atoms with van der Waals surface area (Å²) >= 11 is 0. The van der Waals surface area contributed by atoms with Gasteiger partial charge in [0.2, 0.25) is 0 Å². The Kier molecular flexibility index (Phi) is 5.41. The summed E-state index contributed by atoms with van der Waals surface area (Å²) in [5.41, 5.74) is 5.82. The molecule has 5 nitrogen and oxygen atoms in total. The molecular weight excluding hydrogens is 312 g/mol. The normalized spacial score (nSPS) is 17.5. The van der Waals surface area contributed by atoms with Gasteiger partial charge >= 0.3 is 0 Å². The second kappa shape index (κ2) is 6.34. The molecule has 1 aromatic carbocycles. The fraction of sp³-hybridized carbons (Fsp3) is 0.500. The number of benzene rings is 1. The summed E-state index contributed by atoms with van der Waals surface area (Å²) in [6, 6.07) is 5.94. The van der Waals surface area contributed by atoms with E-state index in [-0.39, 0.29) is 28.7 Å². The van der Waals surface area contributed by atoms with Gasteiger partial charge in [0.1, 0.15) is 0 Å². The highest BCUT2D eigenvalue weighted by molar-refractivity contribution is 7.90. The zero-order chi connectivity index (χ0) is 15.0. The Labute approximate surface area is 131 Å². The van der Waals surface area contributed by atoms with Crippen LogP contribution in [-0.2, 0) is 9.84 Å². The van der Waals surface area contributed by atoms with Crippen LogP contribution in [-0.4, -0.2) is 32.7 Å². The van der Waals surface area contributed by atoms with Crippen molar-refractivity contribution in [1.29, 1.82) is 0 Å². The molecule has 1 unspecified atom stereocenters. The van der Waals surface area contributed by atoms with E-state index in [0.717, 1.165) is 19.1 Å². The first-order valence-electron chi connectivity index (χ1n) is 6.59. The van der Waals surface area contributed by atoms with Crippen molar-refractivity contribution in [2.75, 3.05) is 12.8 Å². The maximum Gasteiger partial charge on any atom is 0.251 e. The Bertz CT molecular complexity index is 612. The molecule has 118 valence electrons. The van der Waals surface area contributed by atoms with Crippen LogP contribution in [0.2, 0.25) is 0 Å². The molecule has 0 heterocycles. The van der Waals surface area contributed by atoms with Crippen LogP contribution in [0, 0.1) is 5.92 Å². The van der Waals surface area contributed by atoms with Crippen LogP contribution in [0.5, 0.6) is 0 Å². The van der Waals surface area contributed by atoms with Crippen molar-refractivity contribution in [2.24, 2.45) is 11.7 Å². The van der Waals surface area contributed by atoms with Crippen LogP contribution >= 0.6 is 12.4 Å². The molecule has 0 spiro atoms. The maximum atomic E-state index is 12.2. The van der Waals surface area contributed by atoms with Gasteiger partial charge in [-0.1, -0.05) is 0 Å². The Hall–Kier alpha value is -1.11. The van der Waals surface area contributed by atoms with Crippen molar-refractivity contribution < 1.29 is 13.2 Å². The van der Waals surface area contributed by atoms with Crippen LogP contribution in [0.15, 0.2) is 29.2 Å². The lowest BCUT2D eigenvalue weighted by molar-refractivity contribution is 0.0897. The van der Waals surface area contributed by atoms with E-state index < -0.39 is 9.84 Å². The zero-order valence-corrected chi connectivity index (χ0v) is 13.8. The van der Waals surface area contributed by atoms with Crippen molar-refractivity contribution in [1.82, 2.24) is 5.32 Å². The first kappa shape index (κ1) is 17.9. The van der Waals surface area contributed by atoms with Gasteiger partial charge in [0.05, 0.1) is 10.4 Å². The molecule has 0 aromatic heterocycles. The van der Waals surface area contributed by atoms with Crippen LogP contribution in [0.25, 0.3) is 0 Å². The first-order chi connectivity index (χ1) is 9.26. The van der Waals surface area contributed by atoms with Crippen molar-refractivity contribution >= 4 is 28.2 Å². The van der Waals surface area contributed by atoms with E-state index in [2.05, 4.69) is 5.32 Å². The predicted octanol–water partition coefficient (Wildman–Crippen LogP) is 1.37. The summed E-state index contributed by atoms with van der Waals surface area (Å²) in [4.78, 5) is 12.4. The third kappa shape index (κ3) is 4.18. The molecule has 1 aromatic rings. The van der Waals surface area contributed by atoms with Crippen LogP contribution < -0.4 is 11.1 Å². The van der Waals surface area contributed by atoms with Gasteiger partial charge in [-0.3, -0.25) is 4.79 Å². The van der Waals surface area contributed by atoms with Crippen molar-refractivity contribution in [3.05, 3.63) is 29.8 Å². The molecule has 1 atom stereocenters. The van der Waals surface area contributed by atoms with E-state index in [1.807, 2.05) is 6.92 Å². The molecule has 0 saturated heterocycles. The zero-order valence-electron chi connectivity index (χ0n) is 12.1. The van der Waals surface area contributed by atoms with Gasteiger partial charge in [0, 0.05) is 18.4 Å². The molecule has 0 bridgehead atoms. The fourth-order valence-corrected chi connectivity index (χ4v) is 2.86. The second-order valence-electron chi connectivity index (χ2n) is 5.65. The van der Waals surface area contributed by atoms with Crippen molar-refractivity contribution in [3.63, 3.8) is 0 Å². The molecule has 1 aliphatic rings. The standard InChI is InChI=1S/C14H20N2O3S.ClH/c1-14(9-15,11-5-6-11)16-13(17)10-3-7-12(8-4-10)20(2,18)19;/h3-4,7-8,11H,5-6,9,15H2,1-2H3,(H,16,17);1H. The summed E-state index contributed by atoms with van der Waals surface area (Å²) in [7, 11) is -3.24. The van der Waals surface area contributed by atoms with E-state index in [9.17, 15) is 13.2 Å². The van der Waals surface area contributed by atoms with E-state index in [1.165, 1.54) is 24.3 Å². The SMILES string of the molecule is CC(CN)(NC(=O)c1ccc(S(C)(=O)=O)cc1)C1CC1.Cl. The molecule has 21 heavy (non-hydrogen) atoms. The summed E-state index contributed by atoms with van der Waals surface area (Å²) in [5.74, 6) is 0.219. The van der Waals surface area contributed by atoms with Gasteiger partial charge in [0.25, 0.3) is 5.91 Å². The topological polar surface area (TPSA) is 89.3 Å². The van der Waals surface area contributed by atoms with Crippen molar-refractivity contribution in [2.45, 2.75) is 30.2 Å². The lowest BCUT2D eigenvalue weighted by Crippen LogP contribution is -2.53. The van der Waals surface area contributed by atoms with Gasteiger partial charge in [-0.05, 0) is 49.9 Å². The Morgan fingerprint density at radius 1 is 1.33 bits per heavy atom. The average molecular weight is 333 g/mol. The first-order valence-corrected chi connectivity index (χ1v) is 8.48. The maximum absolute atomic E-state index is 12.2. The number of nitrogens with two attached hydrogens (primary N) is 1. The Morgan fingerprint density at radius 3 is 2.24 bits per heavy atom. The summed E-state index contributed by atoms with van der Waals surface area (Å²) in [5, 5.41) is 2.97. The number of amides is 1. The summed E-state index contributed by atoms with van der Waals surface area (Å²) < 4.78 is 22.7. The molecule has 1 saturated carbocycles. The van der Waals surface area contributed by atoms with E-state index in [0.29, 0.717) is 18.0 Å². The Morgan fingerprint density at radius 2 is 1.86 bits per heavy atom. The third-order valence-electron chi connectivity index (χ3n) is 3.85. The van der Waals surface area contributed by atoms with Gasteiger partial charge in [0.15, 0.2) is 9.84 Å². The predicted molar refractivity (Wildman–Crippen MR) is 84.4 cm³/mol. The molecule has 0 aliphatic heterocycles. The average Bonchev–Trinajstić information content (AvgIpc) is 3.22. The number of hydrogen-bond donors (Lipinski definition) is 2. The van der Waals surface area contributed by atoms with Crippen LogP contribution in [0.3, 0.4) is 0 Å². The van der Waals surface area contributed by atoms with E-state index in [1.54, 1.807) is 0 Å². The minimum Gasteiger partial charge on any atom is -0.345 e. The monoisotopic (exact) mass is 332 g/mol. The van der Waals surface area contributed by atoms with Crippen LogP contribution in [0.4, 0.5) is 0 Å². The second-order valence-corrected chi connectivity index (χ2v) is 7.66. The highest BCUT2D eigenvalue weighted by Crippen LogP contribution is 2.39. The molecule has 1 aliphatic carbocycles. The molecular formula is C14H21ClN2O3S. The lowest BCUT2D eigenvalue weighted by Gasteiger charge is -2.29. The van der Waals surface area contributed by atoms with Gasteiger partial charge in [-0.25, -0.2) is 8.42 Å². The highest BCUT2D eigenvalue weighted by Gasteiger charge is 2.41. The lowest BCUT2D eigenvalue weighted by atomic mass is 9.95. The number of rotatable bonds is 5. The Balaban J connectivity index is 0.00000220. The molecule has 1 fully saturated rings. The smallest absolute Gasteiger partial charge is 0.251 e. The van der Waals surface area contributed by atoms with Crippen molar-refractivity contribution in [3.8, 4) is 0 Å². The molecule has 2 rings (SSSR count).